The molecule has 2 rings (SSSR count). The highest BCUT2D eigenvalue weighted by Gasteiger charge is 2.20. The topological polar surface area (TPSA) is 29.1 Å². The molecular weight excluding hydrogens is 210 g/mol. The van der Waals surface area contributed by atoms with Crippen LogP contribution < -0.4 is 5.32 Å². The molecule has 17 heavy (non-hydrogen) atoms. The van der Waals surface area contributed by atoms with Crippen LogP contribution in [0, 0.1) is 0 Å². The lowest BCUT2D eigenvalue weighted by molar-refractivity contribution is -0.118. The van der Waals surface area contributed by atoms with E-state index < -0.39 is 0 Å². The molecule has 0 aliphatic heterocycles. The molecule has 0 saturated heterocycles. The van der Waals surface area contributed by atoms with E-state index >= 15 is 0 Å². The Morgan fingerprint density at radius 2 is 2.06 bits per heavy atom. The van der Waals surface area contributed by atoms with E-state index in [9.17, 15) is 4.79 Å². The van der Waals surface area contributed by atoms with E-state index in [1.807, 2.05) is 13.8 Å². The van der Waals surface area contributed by atoms with Gasteiger partial charge in [-0.25, -0.2) is 0 Å². The highest BCUT2D eigenvalue weighted by Crippen LogP contribution is 2.34. The Labute approximate surface area is 104 Å². The minimum absolute atomic E-state index is 0.0706. The van der Waals surface area contributed by atoms with Gasteiger partial charge >= 0.3 is 0 Å². The summed E-state index contributed by atoms with van der Waals surface area (Å²) in [6.45, 7) is 6.37. The van der Waals surface area contributed by atoms with Gasteiger partial charge in [-0.05, 0) is 36.3 Å². The average molecular weight is 233 g/mol. The maximum atomic E-state index is 10.8. The van der Waals surface area contributed by atoms with Gasteiger partial charge in [0.2, 0.25) is 5.91 Å². The molecule has 1 aliphatic rings. The molecule has 0 saturated carbocycles. The number of carbonyl (C=O) groups excluding carboxylic acids is 1. The minimum Gasteiger partial charge on any atom is -0.356 e. The minimum atomic E-state index is 0.0706. The Hall–Kier alpha value is -1.31. The van der Waals surface area contributed by atoms with E-state index in [2.05, 4.69) is 29.6 Å². The second kappa shape index (κ2) is 7.10. The first kappa shape index (κ1) is 13.8. The van der Waals surface area contributed by atoms with E-state index in [1.54, 1.807) is 6.92 Å². The Morgan fingerprint density at radius 1 is 1.35 bits per heavy atom. The van der Waals surface area contributed by atoms with Crippen LogP contribution in [-0.2, 0) is 11.2 Å². The van der Waals surface area contributed by atoms with Crippen LogP contribution in [-0.4, -0.2) is 12.5 Å². The van der Waals surface area contributed by atoms with E-state index in [0.717, 1.165) is 13.0 Å². The van der Waals surface area contributed by atoms with Crippen LogP contribution in [0.3, 0.4) is 0 Å². The molecule has 0 aromatic heterocycles. The fourth-order valence-electron chi connectivity index (χ4n) is 2.37. The van der Waals surface area contributed by atoms with Gasteiger partial charge in [0.1, 0.15) is 0 Å². The zero-order chi connectivity index (χ0) is 12.7. The summed E-state index contributed by atoms with van der Waals surface area (Å²) in [6, 6.07) is 8.65. The van der Waals surface area contributed by atoms with Crippen LogP contribution in [0.25, 0.3) is 0 Å². The molecule has 2 nitrogen and oxygen atoms in total. The number of aryl methyl sites for hydroxylation is 1. The molecule has 1 unspecified atom stereocenters. The highest BCUT2D eigenvalue weighted by molar-refractivity contribution is 5.72. The third kappa shape index (κ3) is 3.88. The van der Waals surface area contributed by atoms with Gasteiger partial charge in [-0.3, -0.25) is 4.79 Å². The average Bonchev–Trinajstić information content (AvgIpc) is 2.75. The van der Waals surface area contributed by atoms with E-state index in [1.165, 1.54) is 24.0 Å². The molecule has 1 aliphatic carbocycles. The molecule has 0 bridgehead atoms. The summed E-state index contributed by atoms with van der Waals surface area (Å²) in [7, 11) is 0. The van der Waals surface area contributed by atoms with Gasteiger partial charge in [-0.15, -0.1) is 0 Å². The molecule has 1 N–H and O–H groups in total. The van der Waals surface area contributed by atoms with Crippen LogP contribution >= 0.6 is 0 Å². The number of nitrogens with one attached hydrogen (secondary N) is 1. The Balaban J connectivity index is 0.000000686. The van der Waals surface area contributed by atoms with Crippen LogP contribution in [0.1, 0.15) is 50.7 Å². The summed E-state index contributed by atoms with van der Waals surface area (Å²) in [5.41, 5.74) is 2.98. The Kier molecular flexibility index (Phi) is 5.75. The lowest BCUT2D eigenvalue weighted by atomic mass is 9.98. The van der Waals surface area contributed by atoms with Crippen LogP contribution in [0.2, 0.25) is 0 Å². The molecule has 1 aromatic carbocycles. The lowest BCUT2D eigenvalue weighted by Gasteiger charge is -2.11. The molecular formula is C15H23NO. The standard InChI is InChI=1S/C13H17NO.C2H6/c1-10(15)14-9-8-12-7-6-11-4-2-3-5-13(11)12;1-2/h2-5,12H,6-9H2,1H3,(H,14,15);1-2H3. The summed E-state index contributed by atoms with van der Waals surface area (Å²) >= 11 is 0. The van der Waals surface area contributed by atoms with Gasteiger partial charge in [-0.2, -0.15) is 0 Å². The second-order valence-electron chi connectivity index (χ2n) is 4.21. The van der Waals surface area contributed by atoms with E-state index in [0.29, 0.717) is 5.92 Å². The summed E-state index contributed by atoms with van der Waals surface area (Å²) in [5.74, 6) is 0.717. The van der Waals surface area contributed by atoms with Crippen molar-refractivity contribution >= 4 is 5.91 Å². The number of benzene rings is 1. The maximum Gasteiger partial charge on any atom is 0.216 e. The third-order valence-corrected chi connectivity index (χ3v) is 3.12. The van der Waals surface area contributed by atoms with Crippen molar-refractivity contribution in [2.24, 2.45) is 0 Å². The second-order valence-corrected chi connectivity index (χ2v) is 4.21. The van der Waals surface area contributed by atoms with Gasteiger partial charge in [0.05, 0.1) is 0 Å². The summed E-state index contributed by atoms with van der Waals surface area (Å²) in [5, 5.41) is 2.86. The Bertz CT molecular complexity index is 360. The fraction of sp³-hybridized carbons (Fsp3) is 0.533. The number of amides is 1. The van der Waals surface area contributed by atoms with Gasteiger partial charge in [0, 0.05) is 13.5 Å². The summed E-state index contributed by atoms with van der Waals surface area (Å²) in [4.78, 5) is 10.8. The summed E-state index contributed by atoms with van der Waals surface area (Å²) < 4.78 is 0. The molecule has 0 heterocycles. The van der Waals surface area contributed by atoms with Crippen LogP contribution in [0.4, 0.5) is 0 Å². The smallest absolute Gasteiger partial charge is 0.216 e. The number of carbonyl (C=O) groups is 1. The van der Waals surface area contributed by atoms with Crippen molar-refractivity contribution in [2.75, 3.05) is 6.54 Å². The fourth-order valence-corrected chi connectivity index (χ4v) is 2.37. The molecule has 1 aromatic rings. The summed E-state index contributed by atoms with van der Waals surface area (Å²) in [6.07, 6.45) is 3.50. The number of hydrogen-bond donors (Lipinski definition) is 1. The first-order valence-corrected chi connectivity index (χ1v) is 6.59. The molecule has 1 atom stereocenters. The zero-order valence-corrected chi connectivity index (χ0v) is 11.1. The van der Waals surface area contributed by atoms with Gasteiger partial charge in [0.25, 0.3) is 0 Å². The predicted molar refractivity (Wildman–Crippen MR) is 72.2 cm³/mol. The number of rotatable bonds is 3. The number of fused-ring (bicyclic) bond motifs is 1. The van der Waals surface area contributed by atoms with E-state index in [-0.39, 0.29) is 5.91 Å². The molecule has 1 amide bonds. The largest absolute Gasteiger partial charge is 0.356 e. The molecule has 94 valence electrons. The predicted octanol–water partition coefficient (Wildman–Crippen LogP) is 3.27. The maximum absolute atomic E-state index is 10.8. The van der Waals surface area contributed by atoms with Crippen molar-refractivity contribution in [3.8, 4) is 0 Å². The normalized spacial score (nSPS) is 16.8. The van der Waals surface area contributed by atoms with Gasteiger partial charge < -0.3 is 5.32 Å². The van der Waals surface area contributed by atoms with Crippen molar-refractivity contribution < 1.29 is 4.79 Å². The van der Waals surface area contributed by atoms with Crippen molar-refractivity contribution in [1.29, 1.82) is 0 Å². The van der Waals surface area contributed by atoms with Crippen LogP contribution in [0.15, 0.2) is 24.3 Å². The van der Waals surface area contributed by atoms with Crippen molar-refractivity contribution in [1.82, 2.24) is 5.32 Å². The first-order chi connectivity index (χ1) is 8.27. The van der Waals surface area contributed by atoms with Gasteiger partial charge in [-0.1, -0.05) is 38.1 Å². The zero-order valence-electron chi connectivity index (χ0n) is 11.1. The molecule has 0 fully saturated rings. The highest BCUT2D eigenvalue weighted by atomic mass is 16.1. The molecule has 0 spiro atoms. The van der Waals surface area contributed by atoms with Crippen LogP contribution in [0.5, 0.6) is 0 Å². The van der Waals surface area contributed by atoms with E-state index in [4.69, 9.17) is 0 Å². The monoisotopic (exact) mass is 233 g/mol. The third-order valence-electron chi connectivity index (χ3n) is 3.12. The van der Waals surface area contributed by atoms with Crippen molar-refractivity contribution in [3.05, 3.63) is 35.4 Å². The molecule has 0 radical (unpaired) electrons. The quantitative estimate of drug-likeness (QED) is 0.853. The van der Waals surface area contributed by atoms with Crippen molar-refractivity contribution in [2.45, 2.75) is 46.0 Å². The first-order valence-electron chi connectivity index (χ1n) is 6.59. The number of hydrogen-bond acceptors (Lipinski definition) is 1. The Morgan fingerprint density at radius 3 is 2.76 bits per heavy atom. The molecule has 2 heteroatoms. The van der Waals surface area contributed by atoms with Gasteiger partial charge in [0.15, 0.2) is 0 Å². The SMILES string of the molecule is CC.CC(=O)NCCC1CCc2ccccc21. The lowest BCUT2D eigenvalue weighted by Crippen LogP contribution is -2.22. The van der Waals surface area contributed by atoms with Crippen molar-refractivity contribution in [3.63, 3.8) is 0 Å².